The first-order valence-corrected chi connectivity index (χ1v) is 5.27. The molecule has 0 bridgehead atoms. The van der Waals surface area contributed by atoms with Crippen LogP contribution in [0.2, 0.25) is 0 Å². The van der Waals surface area contributed by atoms with Crippen molar-refractivity contribution in [3.8, 4) is 0 Å². The Kier molecular flexibility index (Phi) is 2.10. The number of hydrogen-bond acceptors (Lipinski definition) is 2. The second kappa shape index (κ2) is 3.05. The molecule has 0 saturated heterocycles. The van der Waals surface area contributed by atoms with Crippen molar-refractivity contribution < 1.29 is 0 Å². The molecule has 74 valence electrons. The van der Waals surface area contributed by atoms with E-state index >= 15 is 0 Å². The van der Waals surface area contributed by atoms with Crippen molar-refractivity contribution in [3.63, 3.8) is 0 Å². The molecule has 0 radical (unpaired) electrons. The molecule has 0 atom stereocenters. The molecule has 2 aromatic rings. The molecule has 2 rings (SSSR count). The summed E-state index contributed by atoms with van der Waals surface area (Å²) < 4.78 is 3.01. The van der Waals surface area contributed by atoms with Crippen molar-refractivity contribution in [2.75, 3.05) is 0 Å². The zero-order valence-corrected chi connectivity index (χ0v) is 10.0. The summed E-state index contributed by atoms with van der Waals surface area (Å²) in [6, 6.07) is 0. The molecule has 0 amide bonds. The van der Waals surface area contributed by atoms with E-state index in [1.807, 2.05) is 10.6 Å². The van der Waals surface area contributed by atoms with Gasteiger partial charge in [0.15, 0.2) is 5.65 Å². The molecule has 0 aliphatic carbocycles. The average Bonchev–Trinajstić information content (AvgIpc) is 2.44. The van der Waals surface area contributed by atoms with Gasteiger partial charge in [0.25, 0.3) is 0 Å². The van der Waals surface area contributed by atoms with E-state index in [0.29, 0.717) is 0 Å². The minimum atomic E-state index is 0.0465. The van der Waals surface area contributed by atoms with E-state index in [9.17, 15) is 0 Å². The van der Waals surface area contributed by atoms with Crippen molar-refractivity contribution in [3.05, 3.63) is 28.9 Å². The van der Waals surface area contributed by atoms with E-state index in [-0.39, 0.29) is 5.41 Å². The first kappa shape index (κ1) is 9.65. The largest absolute Gasteiger partial charge is 0.291 e. The zero-order chi connectivity index (χ0) is 10.3. The van der Waals surface area contributed by atoms with E-state index in [1.54, 1.807) is 12.4 Å². The van der Waals surface area contributed by atoms with Gasteiger partial charge in [-0.05, 0) is 15.9 Å². The third kappa shape index (κ3) is 1.43. The summed E-state index contributed by atoms with van der Waals surface area (Å²) in [7, 11) is 0. The lowest BCUT2D eigenvalue weighted by molar-refractivity contribution is 0.569. The lowest BCUT2D eigenvalue weighted by atomic mass is 9.93. The summed E-state index contributed by atoms with van der Waals surface area (Å²) in [5, 5.41) is 0. The Morgan fingerprint density at radius 1 is 1.36 bits per heavy atom. The number of rotatable bonds is 0. The molecular weight excluding hydrogens is 242 g/mol. The first-order chi connectivity index (χ1) is 6.50. The lowest BCUT2D eigenvalue weighted by Crippen LogP contribution is -2.12. The summed E-state index contributed by atoms with van der Waals surface area (Å²) in [5.41, 5.74) is 1.99. The molecule has 0 spiro atoms. The van der Waals surface area contributed by atoms with Crippen molar-refractivity contribution in [1.82, 2.24) is 14.4 Å². The monoisotopic (exact) mass is 253 g/mol. The van der Waals surface area contributed by atoms with E-state index in [0.717, 1.165) is 15.9 Å². The highest BCUT2D eigenvalue weighted by Gasteiger charge is 2.22. The number of hydrogen-bond donors (Lipinski definition) is 0. The van der Waals surface area contributed by atoms with Crippen LogP contribution in [-0.2, 0) is 5.41 Å². The maximum atomic E-state index is 4.54. The SMILES string of the molecule is CC(C)(C)c1nc2cnccn2c1Br. The third-order valence-electron chi connectivity index (χ3n) is 2.08. The van der Waals surface area contributed by atoms with Crippen LogP contribution in [0, 0.1) is 0 Å². The van der Waals surface area contributed by atoms with Crippen molar-refractivity contribution >= 4 is 21.6 Å². The number of nitrogens with zero attached hydrogens (tertiary/aromatic N) is 3. The lowest BCUT2D eigenvalue weighted by Gasteiger charge is -2.15. The predicted molar refractivity (Wildman–Crippen MR) is 59.4 cm³/mol. The van der Waals surface area contributed by atoms with Crippen LogP contribution in [0.5, 0.6) is 0 Å². The average molecular weight is 254 g/mol. The maximum Gasteiger partial charge on any atom is 0.156 e. The normalized spacial score (nSPS) is 12.3. The van der Waals surface area contributed by atoms with Crippen molar-refractivity contribution in [1.29, 1.82) is 0 Å². The summed E-state index contributed by atoms with van der Waals surface area (Å²) in [6.45, 7) is 6.44. The van der Waals surface area contributed by atoms with Crippen LogP contribution >= 0.6 is 15.9 Å². The van der Waals surface area contributed by atoms with Gasteiger partial charge in [0.05, 0.1) is 11.9 Å². The standard InChI is InChI=1S/C10H12BrN3/c1-10(2,3)8-9(11)14-5-4-12-6-7(14)13-8/h4-6H,1-3H3. The second-order valence-corrected chi connectivity index (χ2v) is 5.06. The predicted octanol–water partition coefficient (Wildman–Crippen LogP) is 2.79. The molecule has 0 fully saturated rings. The van der Waals surface area contributed by atoms with E-state index in [4.69, 9.17) is 0 Å². The first-order valence-electron chi connectivity index (χ1n) is 4.48. The van der Waals surface area contributed by atoms with Crippen molar-refractivity contribution in [2.45, 2.75) is 26.2 Å². The van der Waals surface area contributed by atoms with Crippen LogP contribution in [0.3, 0.4) is 0 Å². The maximum absolute atomic E-state index is 4.54. The Balaban J connectivity index is 2.75. The molecule has 2 aromatic heterocycles. The molecule has 4 heteroatoms. The van der Waals surface area contributed by atoms with Gasteiger partial charge in [-0.2, -0.15) is 0 Å². The van der Waals surface area contributed by atoms with Crippen molar-refractivity contribution in [2.24, 2.45) is 0 Å². The van der Waals surface area contributed by atoms with E-state index in [1.165, 1.54) is 0 Å². The van der Waals surface area contributed by atoms with Crippen LogP contribution in [0.25, 0.3) is 5.65 Å². The Morgan fingerprint density at radius 2 is 2.07 bits per heavy atom. The van der Waals surface area contributed by atoms with Gasteiger partial charge in [-0.15, -0.1) is 0 Å². The fourth-order valence-corrected chi connectivity index (χ4v) is 2.34. The Labute approximate surface area is 91.3 Å². The van der Waals surface area contributed by atoms with Crippen LogP contribution < -0.4 is 0 Å². The highest BCUT2D eigenvalue weighted by Crippen LogP contribution is 2.29. The topological polar surface area (TPSA) is 30.2 Å². The van der Waals surface area contributed by atoms with Gasteiger partial charge in [-0.3, -0.25) is 9.38 Å². The molecule has 0 aromatic carbocycles. The molecule has 0 aliphatic rings. The van der Waals surface area contributed by atoms with Gasteiger partial charge in [0.2, 0.25) is 0 Å². The molecule has 14 heavy (non-hydrogen) atoms. The molecular formula is C10H12BrN3. The minimum Gasteiger partial charge on any atom is -0.291 e. The highest BCUT2D eigenvalue weighted by atomic mass is 79.9. The molecule has 2 heterocycles. The smallest absolute Gasteiger partial charge is 0.156 e. The minimum absolute atomic E-state index is 0.0465. The Morgan fingerprint density at radius 3 is 2.64 bits per heavy atom. The Hall–Kier alpha value is -0.900. The van der Waals surface area contributed by atoms with Gasteiger partial charge in [0.1, 0.15) is 4.60 Å². The van der Waals surface area contributed by atoms with Gasteiger partial charge in [-0.25, -0.2) is 4.98 Å². The summed E-state index contributed by atoms with van der Waals surface area (Å²) >= 11 is 3.56. The van der Waals surface area contributed by atoms with E-state index < -0.39 is 0 Å². The van der Waals surface area contributed by atoms with Crippen LogP contribution in [0.1, 0.15) is 26.5 Å². The third-order valence-corrected chi connectivity index (χ3v) is 2.84. The number of halogens is 1. The number of aromatic nitrogens is 3. The van der Waals surface area contributed by atoms with Gasteiger partial charge < -0.3 is 0 Å². The number of imidazole rings is 1. The molecule has 0 saturated carbocycles. The van der Waals surface area contributed by atoms with Gasteiger partial charge in [-0.1, -0.05) is 20.8 Å². The van der Waals surface area contributed by atoms with Crippen LogP contribution in [0.15, 0.2) is 23.2 Å². The number of fused-ring (bicyclic) bond motifs is 1. The summed E-state index contributed by atoms with van der Waals surface area (Å²) in [5.74, 6) is 0. The quantitative estimate of drug-likeness (QED) is 0.723. The Bertz CT molecular complexity index is 468. The van der Waals surface area contributed by atoms with Gasteiger partial charge >= 0.3 is 0 Å². The van der Waals surface area contributed by atoms with Crippen LogP contribution in [0.4, 0.5) is 0 Å². The van der Waals surface area contributed by atoms with Crippen LogP contribution in [-0.4, -0.2) is 14.4 Å². The summed E-state index contributed by atoms with van der Waals surface area (Å²) in [4.78, 5) is 8.58. The molecule has 0 unspecified atom stereocenters. The highest BCUT2D eigenvalue weighted by molar-refractivity contribution is 9.10. The van der Waals surface area contributed by atoms with Gasteiger partial charge in [0, 0.05) is 17.8 Å². The molecule has 0 N–H and O–H groups in total. The fraction of sp³-hybridized carbons (Fsp3) is 0.400. The zero-order valence-electron chi connectivity index (χ0n) is 8.45. The summed E-state index contributed by atoms with van der Waals surface area (Å²) in [6.07, 6.45) is 5.42. The fourth-order valence-electron chi connectivity index (χ4n) is 1.35. The second-order valence-electron chi connectivity index (χ2n) is 4.31. The molecule has 0 aliphatic heterocycles. The molecule has 3 nitrogen and oxygen atoms in total. The van der Waals surface area contributed by atoms with E-state index in [2.05, 4.69) is 46.7 Å².